The highest BCUT2D eigenvalue weighted by molar-refractivity contribution is 7.80. The van der Waals surface area contributed by atoms with Gasteiger partial charge in [-0.25, -0.2) is 0 Å². The Morgan fingerprint density at radius 3 is 3.00 bits per heavy atom. The molecule has 0 radical (unpaired) electrons. The maximum Gasteiger partial charge on any atom is 0.299 e. The lowest BCUT2D eigenvalue weighted by atomic mass is 10.7. The molecule has 0 aliphatic heterocycles. The van der Waals surface area contributed by atoms with Gasteiger partial charge in [-0.15, -0.1) is 4.99 Å². The van der Waals surface area contributed by atoms with Gasteiger partial charge in [-0.3, -0.25) is 0 Å². The Morgan fingerprint density at radius 1 is 1.90 bits per heavy atom. The summed E-state index contributed by atoms with van der Waals surface area (Å²) in [5.74, 6) is 0.674. The quantitative estimate of drug-likeness (QED) is 0.258. The van der Waals surface area contributed by atoms with Crippen LogP contribution in [0, 0.1) is 11.5 Å². The van der Waals surface area contributed by atoms with Crippen LogP contribution in [0.3, 0.4) is 0 Å². The molecule has 0 aromatic carbocycles. The summed E-state index contributed by atoms with van der Waals surface area (Å²) >= 11 is 3.95. The minimum absolute atomic E-state index is 0.233. The normalized spacial score (nSPS) is 10.3. The molecule has 0 fully saturated rings. The van der Waals surface area contributed by atoms with E-state index in [9.17, 15) is 0 Å². The number of ether oxygens (including phenoxy) is 1. The van der Waals surface area contributed by atoms with Crippen LogP contribution in [0.5, 0.6) is 0 Å². The molecule has 5 heteroatoms. The molecule has 0 aromatic heterocycles. The number of methoxy groups -OCH3 is 1. The molecule has 0 rings (SSSR count). The number of aliphatic imine (C=N–C) groups is 1. The van der Waals surface area contributed by atoms with Crippen molar-refractivity contribution < 1.29 is 4.74 Å². The fourth-order valence-electron chi connectivity index (χ4n) is 0.366. The van der Waals surface area contributed by atoms with Gasteiger partial charge >= 0.3 is 0 Å². The fourth-order valence-corrected chi connectivity index (χ4v) is 0.477. The summed E-state index contributed by atoms with van der Waals surface area (Å²) in [5.41, 5.74) is 0. The molecule has 4 nitrogen and oxygen atoms in total. The zero-order valence-corrected chi connectivity index (χ0v) is 6.56. The summed E-state index contributed by atoms with van der Waals surface area (Å²) in [6.07, 6.45) is 1.60. The van der Waals surface area contributed by atoms with Crippen molar-refractivity contribution in [3.63, 3.8) is 0 Å². The summed E-state index contributed by atoms with van der Waals surface area (Å²) in [5, 5.41) is 10.8. The predicted octanol–water partition coefficient (Wildman–Crippen LogP) is -0.0107. The van der Waals surface area contributed by atoms with Crippen LogP contribution in [0.4, 0.5) is 0 Å². The van der Waals surface area contributed by atoms with Crippen molar-refractivity contribution in [1.82, 2.24) is 5.32 Å². The van der Waals surface area contributed by atoms with Crippen LogP contribution < -0.4 is 5.32 Å². The van der Waals surface area contributed by atoms with Gasteiger partial charge in [-0.05, 0) is 0 Å². The van der Waals surface area contributed by atoms with Crippen LogP contribution in [0.25, 0.3) is 0 Å². The standard InChI is InChI=1S/C5H9N3OS/c1-9-5(8-4-6)7-2-3-10/h10H,2-3H2,1H3,(H,7,8). The SMILES string of the molecule is CO/C(=N\C#N)NCCS. The van der Waals surface area contributed by atoms with Gasteiger partial charge in [0.2, 0.25) is 6.19 Å². The maximum atomic E-state index is 8.09. The number of nitrogens with one attached hydrogen (secondary N) is 1. The van der Waals surface area contributed by atoms with Crippen molar-refractivity contribution >= 4 is 18.7 Å². The van der Waals surface area contributed by atoms with E-state index < -0.39 is 0 Å². The first-order chi connectivity index (χ1) is 4.85. The van der Waals surface area contributed by atoms with E-state index in [1.807, 2.05) is 0 Å². The number of nitriles is 1. The van der Waals surface area contributed by atoms with Crippen LogP contribution >= 0.6 is 12.6 Å². The lowest BCUT2D eigenvalue weighted by Gasteiger charge is -2.02. The van der Waals surface area contributed by atoms with E-state index in [1.165, 1.54) is 7.11 Å². The van der Waals surface area contributed by atoms with Gasteiger partial charge < -0.3 is 10.1 Å². The van der Waals surface area contributed by atoms with Crippen molar-refractivity contribution in [3.8, 4) is 6.19 Å². The average molecular weight is 159 g/mol. The lowest BCUT2D eigenvalue weighted by molar-refractivity contribution is 0.382. The summed E-state index contributed by atoms with van der Waals surface area (Å²) in [6, 6.07) is 0.233. The second-order valence-electron chi connectivity index (χ2n) is 1.37. The van der Waals surface area contributed by atoms with Crippen LogP contribution in [0.1, 0.15) is 0 Å². The molecular formula is C5H9N3OS. The van der Waals surface area contributed by atoms with Crippen molar-refractivity contribution in [1.29, 1.82) is 5.26 Å². The molecule has 1 N–H and O–H groups in total. The van der Waals surface area contributed by atoms with E-state index in [2.05, 4.69) is 27.7 Å². The zero-order chi connectivity index (χ0) is 7.82. The predicted molar refractivity (Wildman–Crippen MR) is 41.9 cm³/mol. The average Bonchev–Trinajstić information content (AvgIpc) is 1.98. The second-order valence-corrected chi connectivity index (χ2v) is 1.82. The Balaban J connectivity index is 3.63. The monoisotopic (exact) mass is 159 g/mol. The molecule has 0 unspecified atom stereocenters. The van der Waals surface area contributed by atoms with Crippen molar-refractivity contribution in [2.45, 2.75) is 0 Å². The molecule has 0 saturated carbocycles. The summed E-state index contributed by atoms with van der Waals surface area (Å²) in [7, 11) is 1.45. The number of hydrogen-bond acceptors (Lipinski definition) is 4. The van der Waals surface area contributed by atoms with E-state index in [0.29, 0.717) is 12.3 Å². The first-order valence-corrected chi connectivity index (χ1v) is 3.34. The van der Waals surface area contributed by atoms with Gasteiger partial charge in [0, 0.05) is 12.3 Å². The van der Waals surface area contributed by atoms with E-state index in [-0.39, 0.29) is 6.02 Å². The van der Waals surface area contributed by atoms with Crippen molar-refractivity contribution in [2.75, 3.05) is 19.4 Å². The Bertz CT molecular complexity index is 151. The molecule has 0 aromatic rings. The van der Waals surface area contributed by atoms with Crippen LogP contribution in [-0.4, -0.2) is 25.4 Å². The molecule has 0 spiro atoms. The molecule has 56 valence electrons. The molecular weight excluding hydrogens is 150 g/mol. The Morgan fingerprint density at radius 2 is 2.60 bits per heavy atom. The first kappa shape index (κ1) is 9.11. The number of rotatable bonds is 2. The van der Waals surface area contributed by atoms with E-state index >= 15 is 0 Å². The molecule has 0 aliphatic rings. The topological polar surface area (TPSA) is 57.4 Å². The highest BCUT2D eigenvalue weighted by atomic mass is 32.1. The highest BCUT2D eigenvalue weighted by Gasteiger charge is 1.92. The fraction of sp³-hybridized carbons (Fsp3) is 0.600. The minimum Gasteiger partial charge on any atom is -0.468 e. The smallest absolute Gasteiger partial charge is 0.299 e. The molecule has 0 atom stereocenters. The minimum atomic E-state index is 0.233. The molecule has 0 bridgehead atoms. The highest BCUT2D eigenvalue weighted by Crippen LogP contribution is 1.75. The first-order valence-electron chi connectivity index (χ1n) is 2.70. The largest absolute Gasteiger partial charge is 0.468 e. The maximum absolute atomic E-state index is 8.09. The van der Waals surface area contributed by atoms with Crippen LogP contribution in [0.2, 0.25) is 0 Å². The van der Waals surface area contributed by atoms with E-state index in [1.54, 1.807) is 6.19 Å². The Kier molecular flexibility index (Phi) is 5.68. The zero-order valence-electron chi connectivity index (χ0n) is 5.66. The number of hydrogen-bond donors (Lipinski definition) is 2. The number of nitrogens with zero attached hydrogens (tertiary/aromatic N) is 2. The molecule has 0 amide bonds. The summed E-state index contributed by atoms with van der Waals surface area (Å²) < 4.78 is 4.68. The van der Waals surface area contributed by atoms with Gasteiger partial charge in [0.05, 0.1) is 7.11 Å². The van der Waals surface area contributed by atoms with E-state index in [0.717, 1.165) is 0 Å². The third kappa shape index (κ3) is 4.04. The van der Waals surface area contributed by atoms with Crippen molar-refractivity contribution in [3.05, 3.63) is 0 Å². The number of thiol groups is 1. The van der Waals surface area contributed by atoms with Gasteiger partial charge in [0.15, 0.2) is 0 Å². The molecule has 0 saturated heterocycles. The van der Waals surface area contributed by atoms with Crippen LogP contribution in [-0.2, 0) is 4.74 Å². The lowest BCUT2D eigenvalue weighted by Crippen LogP contribution is -2.26. The van der Waals surface area contributed by atoms with E-state index in [4.69, 9.17) is 5.26 Å². The third-order valence-electron chi connectivity index (χ3n) is 0.733. The third-order valence-corrected chi connectivity index (χ3v) is 0.957. The Hall–Kier alpha value is -0.890. The van der Waals surface area contributed by atoms with Gasteiger partial charge in [0.1, 0.15) is 0 Å². The van der Waals surface area contributed by atoms with Crippen molar-refractivity contribution in [2.24, 2.45) is 4.99 Å². The number of amidine groups is 1. The second kappa shape index (κ2) is 6.23. The van der Waals surface area contributed by atoms with Gasteiger partial charge in [-0.2, -0.15) is 17.9 Å². The Labute approximate surface area is 65.3 Å². The molecule has 0 aliphatic carbocycles. The van der Waals surface area contributed by atoms with Crippen LogP contribution in [0.15, 0.2) is 4.99 Å². The van der Waals surface area contributed by atoms with Gasteiger partial charge in [0.25, 0.3) is 6.02 Å². The molecule has 0 heterocycles. The summed E-state index contributed by atoms with van der Waals surface area (Å²) in [4.78, 5) is 3.34. The molecule has 10 heavy (non-hydrogen) atoms. The van der Waals surface area contributed by atoms with Gasteiger partial charge in [-0.1, -0.05) is 0 Å². The summed E-state index contributed by atoms with van der Waals surface area (Å²) in [6.45, 7) is 0.636.